The van der Waals surface area contributed by atoms with Gasteiger partial charge < -0.3 is 15.4 Å². The number of aromatic nitrogens is 2. The summed E-state index contributed by atoms with van der Waals surface area (Å²) in [6.07, 6.45) is 0.396. The number of ether oxygens (including phenoxy) is 1. The first-order valence-electron chi connectivity index (χ1n) is 7.12. The van der Waals surface area contributed by atoms with Crippen LogP contribution in [0.4, 0.5) is 5.13 Å². The molecule has 1 unspecified atom stereocenters. The van der Waals surface area contributed by atoms with Gasteiger partial charge >= 0.3 is 0 Å². The van der Waals surface area contributed by atoms with Crippen LogP contribution in [-0.2, 0) is 9.53 Å². The van der Waals surface area contributed by atoms with E-state index in [1.54, 1.807) is 11.3 Å². The number of rotatable bonds is 4. The average molecular weight is 375 g/mol. The van der Waals surface area contributed by atoms with Gasteiger partial charge in [-0.15, -0.1) is 35.1 Å². The first-order chi connectivity index (χ1) is 10.6. The Bertz CT molecular complexity index is 668. The van der Waals surface area contributed by atoms with Crippen molar-refractivity contribution in [3.05, 3.63) is 16.1 Å². The summed E-state index contributed by atoms with van der Waals surface area (Å²) >= 11 is 3.06. The molecule has 2 aromatic rings. The van der Waals surface area contributed by atoms with Crippen molar-refractivity contribution in [2.75, 3.05) is 25.1 Å². The highest BCUT2D eigenvalue weighted by atomic mass is 35.5. The summed E-state index contributed by atoms with van der Waals surface area (Å²) in [6.45, 7) is 6.04. The summed E-state index contributed by atoms with van der Waals surface area (Å²) in [5.74, 6) is -0.0406. The third kappa shape index (κ3) is 4.71. The number of carbonyl (C=O) groups is 1. The van der Waals surface area contributed by atoms with Crippen LogP contribution in [0.2, 0.25) is 0 Å². The zero-order valence-corrected chi connectivity index (χ0v) is 15.4. The second-order valence-corrected chi connectivity index (χ2v) is 7.22. The molecule has 126 valence electrons. The first kappa shape index (κ1) is 18.3. The molecule has 1 atom stereocenters. The zero-order valence-electron chi connectivity index (χ0n) is 12.9. The van der Waals surface area contributed by atoms with E-state index in [4.69, 9.17) is 4.74 Å². The Kier molecular flexibility index (Phi) is 6.49. The summed E-state index contributed by atoms with van der Waals surface area (Å²) in [4.78, 5) is 22.0. The lowest BCUT2D eigenvalue weighted by molar-refractivity contribution is -0.117. The number of anilines is 1. The number of amides is 1. The minimum atomic E-state index is -0.0406. The van der Waals surface area contributed by atoms with E-state index in [1.165, 1.54) is 11.3 Å². The van der Waals surface area contributed by atoms with Crippen molar-refractivity contribution in [2.45, 2.75) is 26.3 Å². The fraction of sp³-hybridized carbons (Fsp3) is 0.500. The molecule has 0 spiro atoms. The van der Waals surface area contributed by atoms with Crippen molar-refractivity contribution in [3.8, 4) is 10.6 Å². The fourth-order valence-corrected chi connectivity index (χ4v) is 4.02. The van der Waals surface area contributed by atoms with Crippen LogP contribution in [0.1, 0.15) is 17.1 Å². The molecule has 1 amide bonds. The summed E-state index contributed by atoms with van der Waals surface area (Å²) < 4.78 is 5.35. The third-order valence-corrected chi connectivity index (χ3v) is 5.17. The molecule has 3 heterocycles. The molecule has 0 saturated carbocycles. The topological polar surface area (TPSA) is 76.1 Å². The van der Waals surface area contributed by atoms with E-state index in [-0.39, 0.29) is 24.4 Å². The molecule has 1 aliphatic rings. The van der Waals surface area contributed by atoms with Gasteiger partial charge in [-0.25, -0.2) is 9.97 Å². The number of nitrogens with one attached hydrogen (secondary N) is 2. The molecule has 3 rings (SSSR count). The van der Waals surface area contributed by atoms with Gasteiger partial charge in [0.2, 0.25) is 5.91 Å². The van der Waals surface area contributed by atoms with E-state index in [0.29, 0.717) is 24.8 Å². The quantitative estimate of drug-likeness (QED) is 0.860. The van der Waals surface area contributed by atoms with Crippen molar-refractivity contribution in [1.82, 2.24) is 15.3 Å². The van der Waals surface area contributed by atoms with E-state index in [0.717, 1.165) is 27.8 Å². The molecular formula is C14H19ClN4O2S2. The second-order valence-electron chi connectivity index (χ2n) is 5.16. The lowest BCUT2D eigenvalue weighted by Gasteiger charge is -2.22. The molecule has 1 saturated heterocycles. The van der Waals surface area contributed by atoms with Crippen molar-refractivity contribution in [3.63, 3.8) is 0 Å². The second kappa shape index (κ2) is 8.16. The Labute approximate surface area is 149 Å². The monoisotopic (exact) mass is 374 g/mol. The largest absolute Gasteiger partial charge is 0.378 e. The minimum Gasteiger partial charge on any atom is -0.378 e. The molecule has 6 nitrogen and oxygen atoms in total. The number of halogens is 1. The smallest absolute Gasteiger partial charge is 0.227 e. The zero-order chi connectivity index (χ0) is 15.5. The molecule has 0 aliphatic carbocycles. The molecule has 0 aromatic carbocycles. The summed E-state index contributed by atoms with van der Waals surface area (Å²) in [5.41, 5.74) is 1.86. The Morgan fingerprint density at radius 3 is 2.96 bits per heavy atom. The van der Waals surface area contributed by atoms with Crippen LogP contribution in [0.15, 0.2) is 5.38 Å². The third-order valence-electron chi connectivity index (χ3n) is 3.32. The van der Waals surface area contributed by atoms with Crippen LogP contribution in [-0.4, -0.2) is 41.7 Å². The van der Waals surface area contributed by atoms with Crippen LogP contribution in [0.5, 0.6) is 0 Å². The molecular weight excluding hydrogens is 356 g/mol. The van der Waals surface area contributed by atoms with Gasteiger partial charge in [0, 0.05) is 24.4 Å². The highest BCUT2D eigenvalue weighted by Crippen LogP contribution is 2.32. The Hall–Kier alpha value is -1.06. The Balaban J connectivity index is 0.00000192. The van der Waals surface area contributed by atoms with Gasteiger partial charge in [-0.2, -0.15) is 0 Å². The van der Waals surface area contributed by atoms with Gasteiger partial charge in [0.25, 0.3) is 0 Å². The SMILES string of the molecule is Cc1nc(C)c(-c2csc(NC(=O)CC3COCCN3)n2)s1.Cl. The van der Waals surface area contributed by atoms with Crippen molar-refractivity contribution in [2.24, 2.45) is 0 Å². The predicted octanol–water partition coefficient (Wildman–Crippen LogP) is 2.62. The van der Waals surface area contributed by atoms with Gasteiger partial charge in [0.1, 0.15) is 0 Å². The van der Waals surface area contributed by atoms with E-state index >= 15 is 0 Å². The normalized spacial score (nSPS) is 17.6. The van der Waals surface area contributed by atoms with E-state index in [9.17, 15) is 4.79 Å². The van der Waals surface area contributed by atoms with Crippen LogP contribution in [0.3, 0.4) is 0 Å². The number of morpholine rings is 1. The molecule has 9 heteroatoms. The molecule has 0 bridgehead atoms. The average Bonchev–Trinajstić information content (AvgIpc) is 3.06. The summed E-state index contributed by atoms with van der Waals surface area (Å²) in [6, 6.07) is 0.0829. The molecule has 2 N–H and O–H groups in total. The van der Waals surface area contributed by atoms with Gasteiger partial charge in [-0.1, -0.05) is 0 Å². The maximum Gasteiger partial charge on any atom is 0.227 e. The minimum absolute atomic E-state index is 0. The van der Waals surface area contributed by atoms with E-state index in [1.807, 2.05) is 19.2 Å². The first-order valence-corrected chi connectivity index (χ1v) is 8.82. The lowest BCUT2D eigenvalue weighted by atomic mass is 10.2. The van der Waals surface area contributed by atoms with Crippen molar-refractivity contribution < 1.29 is 9.53 Å². The molecule has 1 aliphatic heterocycles. The van der Waals surface area contributed by atoms with Gasteiger partial charge in [-0.3, -0.25) is 4.79 Å². The standard InChI is InChI=1S/C14H18N4O2S2.ClH/c1-8-13(22-9(2)16-8)11-7-21-14(17-11)18-12(19)5-10-6-20-4-3-15-10;/h7,10,15H,3-6H2,1-2H3,(H,17,18,19);1H. The van der Waals surface area contributed by atoms with E-state index < -0.39 is 0 Å². The fourth-order valence-electron chi connectivity index (χ4n) is 2.35. The van der Waals surface area contributed by atoms with Gasteiger partial charge in [0.05, 0.1) is 34.5 Å². The number of hydrogen-bond donors (Lipinski definition) is 2. The molecule has 23 heavy (non-hydrogen) atoms. The maximum atomic E-state index is 12.0. The number of nitrogens with zero attached hydrogens (tertiary/aromatic N) is 2. The number of aryl methyl sites for hydroxylation is 2. The highest BCUT2D eigenvalue weighted by molar-refractivity contribution is 7.16. The highest BCUT2D eigenvalue weighted by Gasteiger charge is 2.18. The van der Waals surface area contributed by atoms with Crippen molar-refractivity contribution in [1.29, 1.82) is 0 Å². The number of hydrogen-bond acceptors (Lipinski definition) is 7. The molecule has 1 fully saturated rings. The maximum absolute atomic E-state index is 12.0. The summed E-state index contributed by atoms with van der Waals surface area (Å²) in [5, 5.41) is 9.74. The Morgan fingerprint density at radius 1 is 1.48 bits per heavy atom. The van der Waals surface area contributed by atoms with Crippen LogP contribution >= 0.6 is 35.1 Å². The Morgan fingerprint density at radius 2 is 2.30 bits per heavy atom. The van der Waals surface area contributed by atoms with Crippen LogP contribution < -0.4 is 10.6 Å². The van der Waals surface area contributed by atoms with Crippen LogP contribution in [0.25, 0.3) is 10.6 Å². The number of thiazole rings is 2. The van der Waals surface area contributed by atoms with E-state index in [2.05, 4.69) is 20.6 Å². The molecule has 2 aromatic heterocycles. The summed E-state index contributed by atoms with van der Waals surface area (Å²) in [7, 11) is 0. The number of carbonyl (C=O) groups excluding carboxylic acids is 1. The van der Waals surface area contributed by atoms with Gasteiger partial charge in [-0.05, 0) is 13.8 Å². The lowest BCUT2D eigenvalue weighted by Crippen LogP contribution is -2.43. The van der Waals surface area contributed by atoms with Crippen molar-refractivity contribution >= 4 is 46.1 Å². The predicted molar refractivity (Wildman–Crippen MR) is 95.8 cm³/mol. The van der Waals surface area contributed by atoms with Crippen LogP contribution in [0, 0.1) is 13.8 Å². The van der Waals surface area contributed by atoms with Gasteiger partial charge in [0.15, 0.2) is 5.13 Å². The molecule has 0 radical (unpaired) electrons.